The molecular formula is C26H21ClF3N5O5S2. The minimum Gasteiger partial charge on any atom is -0.341 e. The number of alkyl halides is 3. The molecule has 1 aliphatic heterocycles. The first kappa shape index (κ1) is 29.8. The molecule has 0 bridgehead atoms. The van der Waals surface area contributed by atoms with E-state index in [0.29, 0.717) is 22.7 Å². The fraction of sp³-hybridized carbons (Fsp3) is 0.192. The molecule has 1 amide bonds. The van der Waals surface area contributed by atoms with Gasteiger partial charge in [0.25, 0.3) is 0 Å². The van der Waals surface area contributed by atoms with E-state index in [2.05, 4.69) is 19.4 Å². The number of amides is 1. The summed E-state index contributed by atoms with van der Waals surface area (Å²) in [4.78, 5) is 18.6. The van der Waals surface area contributed by atoms with Crippen LogP contribution in [0.3, 0.4) is 0 Å². The van der Waals surface area contributed by atoms with Crippen LogP contribution in [0.2, 0.25) is 5.02 Å². The molecule has 0 aliphatic carbocycles. The number of benzene rings is 3. The lowest BCUT2D eigenvalue weighted by atomic mass is 9.97. The first-order valence-corrected chi connectivity index (χ1v) is 15.6. The topological polar surface area (TPSA) is 168 Å². The Morgan fingerprint density at radius 1 is 1.17 bits per heavy atom. The van der Waals surface area contributed by atoms with Crippen LogP contribution in [0.15, 0.2) is 65.6 Å². The number of imidazole rings is 1. The van der Waals surface area contributed by atoms with Crippen LogP contribution in [-0.4, -0.2) is 33.4 Å². The van der Waals surface area contributed by atoms with Crippen molar-refractivity contribution < 1.29 is 35.5 Å². The zero-order valence-corrected chi connectivity index (χ0v) is 23.6. The smallest absolute Gasteiger partial charge is 0.341 e. The van der Waals surface area contributed by atoms with Gasteiger partial charge < -0.3 is 4.98 Å². The van der Waals surface area contributed by atoms with Crippen LogP contribution in [0, 0.1) is 11.3 Å². The van der Waals surface area contributed by atoms with E-state index in [1.165, 1.54) is 18.2 Å². The number of carbonyl (C=O) groups excluding carboxylic acids is 1. The zero-order valence-electron chi connectivity index (χ0n) is 21.2. The monoisotopic (exact) mass is 639 g/mol. The Morgan fingerprint density at radius 3 is 2.55 bits per heavy atom. The lowest BCUT2D eigenvalue weighted by Crippen LogP contribution is -2.31. The predicted molar refractivity (Wildman–Crippen MR) is 149 cm³/mol. The summed E-state index contributed by atoms with van der Waals surface area (Å²) in [6.07, 6.45) is -5.23. The second-order valence-electron chi connectivity index (χ2n) is 9.50. The van der Waals surface area contributed by atoms with Crippen LogP contribution < -0.4 is 9.44 Å². The number of para-hydroxylation sites is 2. The van der Waals surface area contributed by atoms with Crippen molar-refractivity contribution in [3.05, 3.63) is 93.8 Å². The van der Waals surface area contributed by atoms with E-state index >= 15 is 0 Å². The van der Waals surface area contributed by atoms with E-state index in [-0.39, 0.29) is 29.8 Å². The summed E-state index contributed by atoms with van der Waals surface area (Å²) >= 11 is 5.67. The van der Waals surface area contributed by atoms with Crippen LogP contribution >= 0.6 is 22.4 Å². The fourth-order valence-corrected chi connectivity index (χ4v) is 7.63. The number of sulfonamides is 1. The van der Waals surface area contributed by atoms with Crippen LogP contribution in [0.1, 0.15) is 45.8 Å². The highest BCUT2D eigenvalue weighted by molar-refractivity contribution is 8.23. The largest absolute Gasteiger partial charge is 0.417 e. The van der Waals surface area contributed by atoms with Gasteiger partial charge in [-0.25, -0.2) is 18.1 Å². The molecule has 2 atom stereocenters. The van der Waals surface area contributed by atoms with Crippen LogP contribution in [0.25, 0.3) is 11.0 Å². The molecule has 16 heteroatoms. The molecule has 220 valence electrons. The summed E-state index contributed by atoms with van der Waals surface area (Å²) in [6, 6.07) is 14.3. The highest BCUT2D eigenvalue weighted by Gasteiger charge is 2.39. The van der Waals surface area contributed by atoms with Gasteiger partial charge in [-0.15, -0.1) is 10.8 Å². The standard InChI is InChI=1S/C26H21ClF3N5O5S2/c27-19-8-6-16(11-18(19)26(28,29)30)41(37,38)34-22(25-32-20-3-1-2-4-21(20)33-25)10-14-5-7-17(15(9-14)13-31)23-12-24(36)35-42(23,39)40/h1-9,11,22-23,34,39-40H,10,12H2,(H,32,33)(H,35,36)/t22-,23?/m0/s1. The number of rotatable bonds is 7. The molecule has 42 heavy (non-hydrogen) atoms. The van der Waals surface area contributed by atoms with E-state index in [1.54, 1.807) is 24.3 Å². The molecule has 1 aromatic heterocycles. The molecule has 1 aliphatic rings. The Hall–Kier alpha value is -3.65. The van der Waals surface area contributed by atoms with Gasteiger partial charge in [-0.2, -0.15) is 18.4 Å². The fourth-order valence-electron chi connectivity index (χ4n) is 4.67. The third-order valence-electron chi connectivity index (χ3n) is 6.65. The quantitative estimate of drug-likeness (QED) is 0.175. The molecule has 10 nitrogen and oxygen atoms in total. The van der Waals surface area contributed by atoms with Gasteiger partial charge in [0.05, 0.1) is 50.6 Å². The molecule has 5 N–H and O–H groups in total. The van der Waals surface area contributed by atoms with E-state index in [1.807, 2.05) is 6.07 Å². The molecule has 2 heterocycles. The zero-order chi connectivity index (χ0) is 30.4. The van der Waals surface area contributed by atoms with E-state index in [4.69, 9.17) is 11.6 Å². The maximum absolute atomic E-state index is 13.4. The molecule has 4 aromatic rings. The van der Waals surface area contributed by atoms with Crippen molar-refractivity contribution in [3.63, 3.8) is 0 Å². The molecule has 5 rings (SSSR count). The summed E-state index contributed by atoms with van der Waals surface area (Å²) in [5.41, 5.74) is 0.462. The second kappa shape index (κ2) is 10.9. The van der Waals surface area contributed by atoms with Crippen LogP contribution in [0.4, 0.5) is 13.2 Å². The Bertz CT molecular complexity index is 1820. The summed E-state index contributed by atoms with van der Waals surface area (Å²) in [5, 5.41) is 8.09. The first-order chi connectivity index (χ1) is 19.7. The van der Waals surface area contributed by atoms with Crippen molar-refractivity contribution in [2.75, 3.05) is 0 Å². The molecule has 1 saturated heterocycles. The van der Waals surface area contributed by atoms with E-state index < -0.39 is 59.7 Å². The van der Waals surface area contributed by atoms with E-state index in [9.17, 15) is 40.8 Å². The van der Waals surface area contributed by atoms with Crippen molar-refractivity contribution in [1.29, 1.82) is 5.26 Å². The number of aromatic nitrogens is 2. The van der Waals surface area contributed by atoms with Crippen molar-refractivity contribution in [2.45, 2.75) is 35.2 Å². The Morgan fingerprint density at radius 2 is 1.90 bits per heavy atom. The Balaban J connectivity index is 1.53. The molecular weight excluding hydrogens is 619 g/mol. The maximum Gasteiger partial charge on any atom is 0.417 e. The van der Waals surface area contributed by atoms with Gasteiger partial charge in [-0.1, -0.05) is 35.9 Å². The van der Waals surface area contributed by atoms with Crippen molar-refractivity contribution >= 4 is 49.3 Å². The van der Waals surface area contributed by atoms with Crippen molar-refractivity contribution in [1.82, 2.24) is 19.4 Å². The van der Waals surface area contributed by atoms with Gasteiger partial charge in [0.15, 0.2) is 0 Å². The second-order valence-corrected chi connectivity index (χ2v) is 13.6. The number of nitrogens with zero attached hydrogens (tertiary/aromatic N) is 2. The third-order valence-corrected chi connectivity index (χ3v) is 10.2. The molecule has 1 unspecified atom stereocenters. The van der Waals surface area contributed by atoms with Crippen LogP contribution in [0.5, 0.6) is 0 Å². The lowest BCUT2D eigenvalue weighted by Gasteiger charge is -2.33. The van der Waals surface area contributed by atoms with Gasteiger partial charge in [0.1, 0.15) is 11.1 Å². The summed E-state index contributed by atoms with van der Waals surface area (Å²) in [6.45, 7) is 0. The number of carbonyl (C=O) groups is 1. The van der Waals surface area contributed by atoms with Crippen molar-refractivity contribution in [2.24, 2.45) is 0 Å². The number of halogens is 4. The van der Waals surface area contributed by atoms with Gasteiger partial charge in [0, 0.05) is 0 Å². The normalized spacial score (nSPS) is 18.4. The number of nitriles is 1. The molecule has 0 spiro atoms. The summed E-state index contributed by atoms with van der Waals surface area (Å²) in [5.74, 6) is -0.421. The highest BCUT2D eigenvalue weighted by Crippen LogP contribution is 2.56. The number of fused-ring (bicyclic) bond motifs is 1. The van der Waals surface area contributed by atoms with Gasteiger partial charge in [-0.05, 0) is 53.9 Å². The molecule has 3 aromatic carbocycles. The molecule has 0 radical (unpaired) electrons. The lowest BCUT2D eigenvalue weighted by molar-refractivity contribution is -0.137. The Kier molecular flexibility index (Phi) is 7.73. The number of hydrogen-bond donors (Lipinski definition) is 5. The summed E-state index contributed by atoms with van der Waals surface area (Å²) < 4.78 is 92.1. The van der Waals surface area contributed by atoms with Gasteiger partial charge in [0.2, 0.25) is 15.9 Å². The molecule has 0 saturated carbocycles. The van der Waals surface area contributed by atoms with E-state index in [0.717, 1.165) is 12.1 Å². The minimum atomic E-state index is -4.89. The highest BCUT2D eigenvalue weighted by atomic mass is 35.5. The average Bonchev–Trinajstić information content (AvgIpc) is 3.46. The number of hydrogen-bond acceptors (Lipinski definition) is 7. The predicted octanol–water partition coefficient (Wildman–Crippen LogP) is 5.60. The molecule has 1 fully saturated rings. The van der Waals surface area contributed by atoms with Crippen molar-refractivity contribution in [3.8, 4) is 6.07 Å². The Labute approximate surface area is 244 Å². The average molecular weight is 640 g/mol. The first-order valence-electron chi connectivity index (χ1n) is 12.1. The van der Waals surface area contributed by atoms with Gasteiger partial charge in [-0.3, -0.25) is 18.6 Å². The number of H-pyrrole nitrogens is 1. The van der Waals surface area contributed by atoms with Crippen LogP contribution in [-0.2, 0) is 27.4 Å². The number of nitrogens with one attached hydrogen (secondary N) is 3. The number of aromatic amines is 1. The SMILES string of the molecule is N#Cc1cc(C[C@H](NS(=O)(=O)c2ccc(Cl)c(C(F)(F)F)c2)c2nc3ccccc3[nH]2)ccc1C1CC(=O)NS1(O)O. The summed E-state index contributed by atoms with van der Waals surface area (Å²) in [7, 11) is -8.10. The minimum absolute atomic E-state index is 0.0349. The third kappa shape index (κ3) is 5.95. The maximum atomic E-state index is 13.4. The van der Waals surface area contributed by atoms with Gasteiger partial charge >= 0.3 is 6.18 Å².